The molecule has 1 aliphatic rings. The summed E-state index contributed by atoms with van der Waals surface area (Å²) in [5.41, 5.74) is 1.94. The molecule has 0 unspecified atom stereocenters. The maximum absolute atomic E-state index is 12.1. The van der Waals surface area contributed by atoms with Crippen molar-refractivity contribution in [2.75, 3.05) is 0 Å². The van der Waals surface area contributed by atoms with E-state index in [1.807, 2.05) is 32.9 Å². The molecule has 5 heteroatoms. The predicted molar refractivity (Wildman–Crippen MR) is 76.6 cm³/mol. The number of imidazole rings is 1. The third-order valence-electron chi connectivity index (χ3n) is 3.59. The van der Waals surface area contributed by atoms with Gasteiger partial charge in [0.15, 0.2) is 0 Å². The second-order valence-corrected chi connectivity index (χ2v) is 6.37. The van der Waals surface area contributed by atoms with E-state index in [0.717, 1.165) is 11.0 Å². The fourth-order valence-corrected chi connectivity index (χ4v) is 2.36. The number of hydrogen-bond acceptors (Lipinski definition) is 3. The molecule has 1 aromatic heterocycles. The minimum atomic E-state index is -0.480. The maximum Gasteiger partial charge on any atom is 0.337 e. The van der Waals surface area contributed by atoms with E-state index in [1.54, 1.807) is 6.07 Å². The van der Waals surface area contributed by atoms with Crippen molar-refractivity contribution >= 4 is 17.0 Å². The van der Waals surface area contributed by atoms with E-state index in [0.29, 0.717) is 11.6 Å². The fourth-order valence-electron chi connectivity index (χ4n) is 2.36. The summed E-state index contributed by atoms with van der Waals surface area (Å²) in [4.78, 5) is 16.4. The van der Waals surface area contributed by atoms with Gasteiger partial charge in [-0.3, -0.25) is 0 Å². The minimum absolute atomic E-state index is 0. The Morgan fingerprint density at radius 3 is 2.67 bits per heavy atom. The van der Waals surface area contributed by atoms with Gasteiger partial charge >= 0.3 is 5.97 Å². The number of rotatable bonds is 2. The average Bonchev–Trinajstić information content (AvgIpc) is 2.68. The summed E-state index contributed by atoms with van der Waals surface area (Å²) in [7, 11) is 0. The zero-order chi connectivity index (χ0) is 14.3. The predicted octanol–water partition coefficient (Wildman–Crippen LogP) is 3.52. The maximum atomic E-state index is 12.1. The van der Waals surface area contributed by atoms with Gasteiger partial charge in [0.1, 0.15) is 5.60 Å². The number of carbonyl (C=O) groups excluding carboxylic acids is 1. The van der Waals surface area contributed by atoms with Crippen LogP contribution < -0.4 is 0 Å². The molecule has 2 aromatic rings. The summed E-state index contributed by atoms with van der Waals surface area (Å²) in [5, 5.41) is 0. The van der Waals surface area contributed by atoms with Gasteiger partial charge in [-0.2, -0.15) is 0 Å². The van der Waals surface area contributed by atoms with Crippen molar-refractivity contribution in [2.24, 2.45) is 0 Å². The Morgan fingerprint density at radius 2 is 2.10 bits per heavy atom. The quantitative estimate of drug-likeness (QED) is 0.452. The standard InChI is InChI=1S/C16H19N2O2.Cm/c1-16(2,3)20-15(19)11-7-8-13-14(9-11)18(10-17-13)12-5-4-6-12;/h7-9,12H,4-6H2,1-3H3;/q-1;. The van der Waals surface area contributed by atoms with Crippen molar-refractivity contribution in [1.29, 1.82) is 0 Å². The van der Waals surface area contributed by atoms with Gasteiger partial charge in [-0.25, -0.2) is 4.79 Å². The van der Waals surface area contributed by atoms with Crippen molar-refractivity contribution in [2.45, 2.75) is 51.7 Å². The van der Waals surface area contributed by atoms with E-state index in [4.69, 9.17) is 4.74 Å². The van der Waals surface area contributed by atoms with Crippen LogP contribution in [0.15, 0.2) is 18.2 Å². The van der Waals surface area contributed by atoms with Gasteiger partial charge in [-0.05, 0) is 40.0 Å². The molecule has 0 atom stereocenters. The summed E-state index contributed by atoms with van der Waals surface area (Å²) in [6.07, 6.45) is 6.63. The van der Waals surface area contributed by atoms with Crippen LogP contribution in [0.3, 0.4) is 0 Å². The third-order valence-corrected chi connectivity index (χ3v) is 3.59. The largest absolute Gasteiger partial charge is 0.456 e. The van der Waals surface area contributed by atoms with Gasteiger partial charge in [-0.15, -0.1) is 6.07 Å². The van der Waals surface area contributed by atoms with Gasteiger partial charge in [0.25, 0.3) is 0 Å². The number of carbonyl (C=O) groups is 1. The number of hydrogen-bond donors (Lipinski definition) is 0. The van der Waals surface area contributed by atoms with Crippen LogP contribution in [0, 0.1) is 6.33 Å². The van der Waals surface area contributed by atoms with Crippen LogP contribution in [0.1, 0.15) is 56.4 Å². The monoisotopic (exact) mass is 514 g/mol. The van der Waals surface area contributed by atoms with Crippen molar-refractivity contribution in [3.63, 3.8) is 0 Å². The molecule has 114 valence electrons. The van der Waals surface area contributed by atoms with E-state index in [2.05, 4.69) is 15.9 Å². The number of nitrogens with zero attached hydrogens (tertiary/aromatic N) is 2. The second-order valence-electron chi connectivity index (χ2n) is 6.37. The molecule has 0 saturated heterocycles. The molecule has 1 aromatic carbocycles. The molecule has 1 fully saturated rings. The summed E-state index contributed by atoms with van der Waals surface area (Å²) in [6, 6.07) is 5.97. The van der Waals surface area contributed by atoms with Crippen LogP contribution in [0.2, 0.25) is 0 Å². The van der Waals surface area contributed by atoms with Crippen LogP contribution in [0.4, 0.5) is 0 Å². The van der Waals surface area contributed by atoms with Gasteiger partial charge in [0.05, 0.1) is 0 Å². The molecule has 1 saturated carbocycles. The number of esters is 1. The molecule has 1 aliphatic carbocycles. The van der Waals surface area contributed by atoms with Crippen molar-refractivity contribution < 1.29 is 9.53 Å². The molecular weight excluding hydrogens is 499 g/mol. The molecule has 0 N–H and O–H groups in total. The van der Waals surface area contributed by atoms with Crippen LogP contribution in [-0.2, 0) is 4.74 Å². The van der Waals surface area contributed by atoms with Gasteiger partial charge in [0, 0.05) is 17.9 Å². The van der Waals surface area contributed by atoms with E-state index in [9.17, 15) is 4.79 Å². The van der Waals surface area contributed by atoms with Gasteiger partial charge in [-0.1, -0.05) is 23.2 Å². The smallest absolute Gasteiger partial charge is 0.337 e. The summed E-state index contributed by atoms with van der Waals surface area (Å²) < 4.78 is 7.47. The van der Waals surface area contributed by atoms with Gasteiger partial charge < -0.3 is 14.3 Å². The molecule has 3 rings (SSSR count). The third kappa shape index (κ3) is 2.71. The molecule has 0 amide bonds. The zero-order valence-electron chi connectivity index (χ0n) is 12.5. The van der Waals surface area contributed by atoms with E-state index in [1.165, 1.54) is 19.3 Å². The van der Waals surface area contributed by atoms with Gasteiger partial charge in [0.2, 0.25) is 0 Å². The van der Waals surface area contributed by atoms with Crippen LogP contribution in [0.5, 0.6) is 0 Å². The molecule has 4 nitrogen and oxygen atoms in total. The Kier molecular flexibility index (Phi) is 3.42. The zero-order valence-corrected chi connectivity index (χ0v) is 15.4. The minimum Gasteiger partial charge on any atom is -0.456 e. The molecule has 21 heavy (non-hydrogen) atoms. The van der Waals surface area contributed by atoms with Crippen molar-refractivity contribution in [3.8, 4) is 0 Å². The Labute approximate surface area is 118 Å². The Hall–Kier alpha value is -2.84. The van der Waals surface area contributed by atoms with E-state index in [-0.39, 0.29) is 5.97 Å². The molecule has 0 aliphatic heterocycles. The SMILES string of the molecule is CC(C)(C)OC(=O)c1ccc2n[c-]n(C3CCC3)c2c1.[Cm]. The van der Waals surface area contributed by atoms with Crippen LogP contribution in [0.25, 0.3) is 11.0 Å². The number of fused-ring (bicyclic) bond motifs is 1. The molecule has 0 spiro atoms. The van der Waals surface area contributed by atoms with Crippen molar-refractivity contribution in [1.82, 2.24) is 9.55 Å². The first-order chi connectivity index (χ1) is 9.44. The second kappa shape index (κ2) is 4.93. The summed E-state index contributed by atoms with van der Waals surface area (Å²) in [5.74, 6) is -0.291. The average molecular weight is 518 g/mol. The Bertz CT molecular complexity index is 654. The normalized spacial score (nSPS) is 15.4. The molecular formula is C16H19CmN2O2-. The van der Waals surface area contributed by atoms with E-state index >= 15 is 0 Å². The fraction of sp³-hybridized carbons (Fsp3) is 0.500. The molecule has 1 heterocycles. The summed E-state index contributed by atoms with van der Waals surface area (Å²) >= 11 is 0. The molecule has 0 bridgehead atoms. The van der Waals surface area contributed by atoms with Crippen LogP contribution in [-0.4, -0.2) is 21.1 Å². The Morgan fingerprint density at radius 1 is 1.38 bits per heavy atom. The number of ether oxygens (including phenoxy) is 1. The first-order valence-corrected chi connectivity index (χ1v) is 7.07. The van der Waals surface area contributed by atoms with Crippen molar-refractivity contribution in [3.05, 3.63) is 30.1 Å². The van der Waals surface area contributed by atoms with Crippen LogP contribution >= 0.6 is 0 Å². The first-order valence-electron chi connectivity index (χ1n) is 7.07. The number of benzene rings is 1. The topological polar surface area (TPSA) is 44.1 Å². The van der Waals surface area contributed by atoms with E-state index < -0.39 is 5.60 Å². The Balaban J connectivity index is 0.00000161. The number of aromatic nitrogens is 2. The first kappa shape index (κ1) is 14.6. The molecule has 0 radical (unpaired) electrons. The summed E-state index contributed by atoms with van der Waals surface area (Å²) in [6.45, 7) is 5.61.